The van der Waals surface area contributed by atoms with Gasteiger partial charge in [0, 0.05) is 60.2 Å². The van der Waals surface area contributed by atoms with Crippen molar-refractivity contribution in [3.63, 3.8) is 0 Å². The van der Waals surface area contributed by atoms with E-state index in [0.717, 1.165) is 86.1 Å². The molecule has 0 radical (unpaired) electrons. The number of H-pyrrole nitrogens is 1. The number of morpholine rings is 1. The summed E-state index contributed by atoms with van der Waals surface area (Å²) in [5.74, 6) is 0. The van der Waals surface area contributed by atoms with Gasteiger partial charge in [-0.1, -0.05) is 26.8 Å². The van der Waals surface area contributed by atoms with Gasteiger partial charge in [-0.25, -0.2) is 0 Å². The van der Waals surface area contributed by atoms with Crippen LogP contribution in [0.25, 0.3) is 32.8 Å². The summed E-state index contributed by atoms with van der Waals surface area (Å²) in [5.41, 5.74) is 5.77. The Labute approximate surface area is 231 Å². The van der Waals surface area contributed by atoms with Crippen molar-refractivity contribution in [1.82, 2.24) is 14.5 Å². The van der Waals surface area contributed by atoms with Crippen LogP contribution in [0.1, 0.15) is 64.6 Å². The number of anilines is 1. The number of aromatic nitrogens is 2. The molecule has 0 atom stereocenters. The molecule has 2 aliphatic rings. The lowest BCUT2D eigenvalue weighted by molar-refractivity contribution is 0.0115. The molecule has 2 saturated heterocycles. The van der Waals surface area contributed by atoms with E-state index >= 15 is 0 Å². The van der Waals surface area contributed by atoms with Crippen LogP contribution in [0.4, 0.5) is 5.69 Å². The topological polar surface area (TPSA) is 77.3 Å². The highest BCUT2D eigenvalue weighted by Gasteiger charge is 2.27. The molecule has 2 aromatic heterocycles. The van der Waals surface area contributed by atoms with Gasteiger partial charge in [0.05, 0.1) is 35.7 Å². The number of hydrogen-bond acceptors (Lipinski definition) is 5. The molecule has 0 saturated carbocycles. The number of ether oxygens (including phenoxy) is 1. The summed E-state index contributed by atoms with van der Waals surface area (Å²) < 4.78 is 7.82. The number of piperidine rings is 1. The highest BCUT2D eigenvalue weighted by atomic mass is 16.5. The number of benzene rings is 2. The molecule has 4 aromatic rings. The first-order valence-corrected chi connectivity index (χ1v) is 14.6. The van der Waals surface area contributed by atoms with E-state index in [0.29, 0.717) is 17.0 Å². The summed E-state index contributed by atoms with van der Waals surface area (Å²) in [6, 6.07) is 12.9. The van der Waals surface area contributed by atoms with Crippen LogP contribution in [0, 0.1) is 11.3 Å². The third-order valence-electron chi connectivity index (χ3n) is 8.34. The Kier molecular flexibility index (Phi) is 7.97. The summed E-state index contributed by atoms with van der Waals surface area (Å²) in [4.78, 5) is 22.6. The van der Waals surface area contributed by atoms with E-state index in [1.54, 1.807) is 6.07 Å². The zero-order valence-electron chi connectivity index (χ0n) is 24.0. The van der Waals surface area contributed by atoms with Crippen molar-refractivity contribution in [3.8, 4) is 6.07 Å². The van der Waals surface area contributed by atoms with E-state index < -0.39 is 0 Å². The average molecular weight is 528 g/mol. The Hall–Kier alpha value is -3.34. The summed E-state index contributed by atoms with van der Waals surface area (Å²) in [6.45, 7) is 16.3. The zero-order chi connectivity index (χ0) is 27.7. The fraction of sp³-hybridized carbons (Fsp3) is 0.500. The lowest BCUT2D eigenvalue weighted by Crippen LogP contribution is -2.49. The fourth-order valence-corrected chi connectivity index (χ4v) is 6.45. The number of hydrogen-bond donors (Lipinski definition) is 1. The molecule has 39 heavy (non-hydrogen) atoms. The number of fused-ring (bicyclic) bond motifs is 4. The number of aryl methyl sites for hydroxylation is 1. The zero-order valence-corrected chi connectivity index (χ0v) is 24.0. The average Bonchev–Trinajstić information content (AvgIpc) is 3.36. The molecule has 0 unspecified atom stereocenters. The molecule has 4 heterocycles. The lowest BCUT2D eigenvalue weighted by Gasteiger charge is -2.41. The van der Waals surface area contributed by atoms with Crippen molar-refractivity contribution >= 4 is 38.5 Å². The molecule has 0 bridgehead atoms. The molecular formula is C32H41N5O2. The Balaban J connectivity index is 0.00000151. The van der Waals surface area contributed by atoms with Crippen LogP contribution in [0.15, 0.2) is 35.1 Å². The van der Waals surface area contributed by atoms with Gasteiger partial charge in [-0.2, -0.15) is 5.26 Å². The number of nitriles is 1. The Morgan fingerprint density at radius 2 is 1.77 bits per heavy atom. The van der Waals surface area contributed by atoms with Crippen molar-refractivity contribution in [2.45, 2.75) is 66.0 Å². The largest absolute Gasteiger partial charge is 0.379 e. The number of rotatable bonds is 4. The second-order valence-electron chi connectivity index (χ2n) is 10.7. The smallest absolute Gasteiger partial charge is 0.199 e. The van der Waals surface area contributed by atoms with Crippen LogP contribution in [0.3, 0.4) is 0 Å². The van der Waals surface area contributed by atoms with Gasteiger partial charge in [0.15, 0.2) is 5.43 Å². The quantitative estimate of drug-likeness (QED) is 0.353. The first-order chi connectivity index (χ1) is 19.0. The van der Waals surface area contributed by atoms with Gasteiger partial charge >= 0.3 is 0 Å². The third-order valence-corrected chi connectivity index (χ3v) is 8.34. The number of pyridine rings is 1. The second-order valence-corrected chi connectivity index (χ2v) is 10.7. The molecule has 0 aliphatic carbocycles. The van der Waals surface area contributed by atoms with E-state index in [2.05, 4.69) is 58.3 Å². The normalized spacial score (nSPS) is 17.1. The lowest BCUT2D eigenvalue weighted by atomic mass is 9.98. The first kappa shape index (κ1) is 27.2. The third kappa shape index (κ3) is 4.81. The molecule has 206 valence electrons. The summed E-state index contributed by atoms with van der Waals surface area (Å²) in [7, 11) is 0. The summed E-state index contributed by atoms with van der Waals surface area (Å²) in [6.07, 6.45) is 3.19. The maximum atomic E-state index is 13.9. The Morgan fingerprint density at radius 1 is 1.05 bits per heavy atom. The van der Waals surface area contributed by atoms with Gasteiger partial charge in [0.2, 0.25) is 0 Å². The molecule has 0 amide bonds. The van der Waals surface area contributed by atoms with E-state index in [1.165, 1.54) is 11.3 Å². The maximum absolute atomic E-state index is 13.9. The van der Waals surface area contributed by atoms with Crippen molar-refractivity contribution in [2.75, 3.05) is 44.3 Å². The van der Waals surface area contributed by atoms with Crippen LogP contribution in [0.5, 0.6) is 0 Å². The SMILES string of the molecule is CC.CCc1cc2c(=O)c3c4ccc(C#N)cc4[nH]c3n(C(C)C)c2cc1N1CCC(N2CCOCC2)CC1. The molecule has 1 N–H and O–H groups in total. The minimum Gasteiger partial charge on any atom is -0.379 e. The van der Waals surface area contributed by atoms with Crippen molar-refractivity contribution in [3.05, 3.63) is 51.7 Å². The summed E-state index contributed by atoms with van der Waals surface area (Å²) >= 11 is 0. The predicted octanol–water partition coefficient (Wildman–Crippen LogP) is 5.98. The maximum Gasteiger partial charge on any atom is 0.199 e. The Morgan fingerprint density at radius 3 is 2.41 bits per heavy atom. The van der Waals surface area contributed by atoms with Gasteiger partial charge in [-0.05, 0) is 62.9 Å². The van der Waals surface area contributed by atoms with Crippen LogP contribution < -0.4 is 10.3 Å². The molecule has 0 spiro atoms. The van der Waals surface area contributed by atoms with Gasteiger partial charge < -0.3 is 19.2 Å². The van der Waals surface area contributed by atoms with Gasteiger partial charge in [-0.3, -0.25) is 9.69 Å². The van der Waals surface area contributed by atoms with E-state index in [9.17, 15) is 10.1 Å². The van der Waals surface area contributed by atoms with E-state index in [4.69, 9.17) is 4.74 Å². The van der Waals surface area contributed by atoms with Crippen LogP contribution in [0.2, 0.25) is 0 Å². The minimum atomic E-state index is 0.0603. The Bertz CT molecular complexity index is 1580. The number of nitrogens with zero attached hydrogens (tertiary/aromatic N) is 4. The first-order valence-electron chi connectivity index (χ1n) is 14.6. The highest BCUT2D eigenvalue weighted by molar-refractivity contribution is 6.10. The second kappa shape index (κ2) is 11.4. The molecule has 7 nitrogen and oxygen atoms in total. The van der Waals surface area contributed by atoms with Gasteiger partial charge in [-0.15, -0.1) is 0 Å². The van der Waals surface area contributed by atoms with E-state index in [-0.39, 0.29) is 11.5 Å². The van der Waals surface area contributed by atoms with Crippen LogP contribution in [-0.2, 0) is 11.2 Å². The predicted molar refractivity (Wildman–Crippen MR) is 161 cm³/mol. The molecule has 2 aliphatic heterocycles. The highest BCUT2D eigenvalue weighted by Crippen LogP contribution is 2.34. The molecule has 7 heteroatoms. The standard InChI is InChI=1S/C30H35N5O2.C2H6/c1-4-21-16-24-27(17-26(21)34-9-7-22(8-10-34)33-11-13-37-14-12-33)35(19(2)3)30-28(29(24)36)23-6-5-20(18-31)15-25(23)32-30;1-2/h5-6,15-17,19,22,32H,4,7-14H2,1-3H3;1-2H3. The van der Waals surface area contributed by atoms with Crippen LogP contribution >= 0.6 is 0 Å². The van der Waals surface area contributed by atoms with Crippen LogP contribution in [-0.4, -0.2) is 59.9 Å². The fourth-order valence-electron chi connectivity index (χ4n) is 6.45. The van der Waals surface area contributed by atoms with Crippen molar-refractivity contribution in [2.24, 2.45) is 0 Å². The number of nitrogens with one attached hydrogen (secondary N) is 1. The summed E-state index contributed by atoms with van der Waals surface area (Å²) in [5, 5.41) is 11.7. The van der Waals surface area contributed by atoms with Gasteiger partial charge in [0.1, 0.15) is 5.65 Å². The molecule has 6 rings (SSSR count). The number of aromatic amines is 1. The minimum absolute atomic E-state index is 0.0603. The van der Waals surface area contributed by atoms with E-state index in [1.807, 2.05) is 26.0 Å². The molecule has 2 aromatic carbocycles. The van der Waals surface area contributed by atoms with Crippen molar-refractivity contribution in [1.29, 1.82) is 5.26 Å². The van der Waals surface area contributed by atoms with Crippen molar-refractivity contribution < 1.29 is 4.74 Å². The molecule has 2 fully saturated rings. The van der Waals surface area contributed by atoms with Gasteiger partial charge in [0.25, 0.3) is 0 Å². The molecular weight excluding hydrogens is 486 g/mol. The monoisotopic (exact) mass is 527 g/mol.